The molecule has 1 atom stereocenters. The van der Waals surface area contributed by atoms with Crippen LogP contribution in [0.2, 0.25) is 0 Å². The van der Waals surface area contributed by atoms with Crippen LogP contribution in [0.25, 0.3) is 0 Å². The molecule has 1 aromatic carbocycles. The molecular formula is C11H13NO5. The van der Waals surface area contributed by atoms with E-state index < -0.39 is 17.0 Å². The summed E-state index contributed by atoms with van der Waals surface area (Å²) < 4.78 is 5.28. The van der Waals surface area contributed by atoms with Gasteiger partial charge in [-0.05, 0) is 19.9 Å². The van der Waals surface area contributed by atoms with Gasteiger partial charge in [0.15, 0.2) is 5.75 Å². The van der Waals surface area contributed by atoms with Crippen LogP contribution in [-0.4, -0.2) is 22.1 Å². The van der Waals surface area contributed by atoms with Gasteiger partial charge < -0.3 is 9.84 Å². The molecule has 17 heavy (non-hydrogen) atoms. The van der Waals surface area contributed by atoms with Crippen molar-refractivity contribution in [1.82, 2.24) is 0 Å². The van der Waals surface area contributed by atoms with E-state index in [-0.39, 0.29) is 17.9 Å². The Bertz CT molecular complexity index is 443. The molecule has 92 valence electrons. The maximum atomic E-state index is 10.9. The molecule has 0 aliphatic rings. The number of benzene rings is 1. The van der Waals surface area contributed by atoms with E-state index in [2.05, 4.69) is 0 Å². The Morgan fingerprint density at radius 2 is 2.24 bits per heavy atom. The molecule has 0 radical (unpaired) electrons. The first kappa shape index (κ1) is 13.0. The number of hydrogen-bond acceptors (Lipinski definition) is 4. The van der Waals surface area contributed by atoms with Gasteiger partial charge in [0.25, 0.3) is 0 Å². The average Bonchev–Trinajstić information content (AvgIpc) is 2.15. The number of carboxylic acid groups (broad SMARTS) is 1. The predicted molar refractivity (Wildman–Crippen MR) is 60.2 cm³/mol. The van der Waals surface area contributed by atoms with Gasteiger partial charge in [0.05, 0.1) is 11.3 Å². The van der Waals surface area contributed by atoms with Gasteiger partial charge in [-0.15, -0.1) is 0 Å². The number of ether oxygens (including phenoxy) is 1. The summed E-state index contributed by atoms with van der Waals surface area (Å²) in [5.74, 6) is -0.906. The zero-order valence-electron chi connectivity index (χ0n) is 9.54. The first-order chi connectivity index (χ1) is 7.91. The molecule has 0 fully saturated rings. The van der Waals surface area contributed by atoms with Crippen molar-refractivity contribution in [3.8, 4) is 5.75 Å². The number of nitro benzene ring substituents is 1. The molecule has 0 amide bonds. The lowest BCUT2D eigenvalue weighted by atomic mass is 10.2. The second kappa shape index (κ2) is 5.29. The zero-order chi connectivity index (χ0) is 13.0. The number of para-hydroxylation sites is 1. The molecule has 0 spiro atoms. The summed E-state index contributed by atoms with van der Waals surface area (Å²) in [4.78, 5) is 20.8. The van der Waals surface area contributed by atoms with E-state index in [4.69, 9.17) is 9.84 Å². The van der Waals surface area contributed by atoms with Crippen molar-refractivity contribution < 1.29 is 19.6 Å². The van der Waals surface area contributed by atoms with Crippen molar-refractivity contribution in [2.24, 2.45) is 0 Å². The van der Waals surface area contributed by atoms with E-state index in [1.165, 1.54) is 6.07 Å². The minimum absolute atomic E-state index is 0.101. The molecular weight excluding hydrogens is 226 g/mol. The van der Waals surface area contributed by atoms with E-state index >= 15 is 0 Å². The average molecular weight is 239 g/mol. The predicted octanol–water partition coefficient (Wildman–Crippen LogP) is 2.15. The fraction of sp³-hybridized carbons (Fsp3) is 0.364. The van der Waals surface area contributed by atoms with Crippen LogP contribution in [0.15, 0.2) is 18.2 Å². The lowest BCUT2D eigenvalue weighted by molar-refractivity contribution is -0.386. The third kappa shape index (κ3) is 3.44. The molecule has 0 aliphatic carbocycles. The Kier molecular flexibility index (Phi) is 4.03. The topological polar surface area (TPSA) is 89.7 Å². The van der Waals surface area contributed by atoms with Crippen molar-refractivity contribution in [3.05, 3.63) is 33.9 Å². The van der Waals surface area contributed by atoms with Crippen LogP contribution in [0.3, 0.4) is 0 Å². The molecule has 0 unspecified atom stereocenters. The summed E-state index contributed by atoms with van der Waals surface area (Å²) in [7, 11) is 0. The lowest BCUT2D eigenvalue weighted by Gasteiger charge is -2.13. The molecule has 0 aliphatic heterocycles. The number of hydrogen-bond donors (Lipinski definition) is 1. The van der Waals surface area contributed by atoms with Gasteiger partial charge in [0.1, 0.15) is 6.10 Å². The summed E-state index contributed by atoms with van der Waals surface area (Å²) in [6.45, 7) is 3.16. The van der Waals surface area contributed by atoms with Crippen LogP contribution in [0.4, 0.5) is 5.69 Å². The normalized spacial score (nSPS) is 11.9. The molecule has 0 heterocycles. The molecule has 0 saturated heterocycles. The van der Waals surface area contributed by atoms with Gasteiger partial charge in [-0.2, -0.15) is 0 Å². The van der Waals surface area contributed by atoms with Gasteiger partial charge in [0, 0.05) is 5.56 Å². The van der Waals surface area contributed by atoms with Crippen LogP contribution < -0.4 is 4.74 Å². The lowest BCUT2D eigenvalue weighted by Crippen LogP contribution is -2.17. The fourth-order valence-electron chi connectivity index (χ4n) is 1.47. The molecule has 1 N–H and O–H groups in total. The summed E-state index contributed by atoms with van der Waals surface area (Å²) in [6.07, 6.45) is -0.821. The van der Waals surface area contributed by atoms with Crippen molar-refractivity contribution in [2.45, 2.75) is 26.4 Å². The Hall–Kier alpha value is -2.11. The third-order valence-corrected chi connectivity index (χ3v) is 2.17. The number of carbonyl (C=O) groups is 1. The summed E-state index contributed by atoms with van der Waals surface area (Å²) in [6, 6.07) is 4.70. The molecule has 0 saturated carbocycles. The monoisotopic (exact) mass is 239 g/mol. The van der Waals surface area contributed by atoms with E-state index in [0.717, 1.165) is 0 Å². The van der Waals surface area contributed by atoms with Crippen molar-refractivity contribution >= 4 is 11.7 Å². The quantitative estimate of drug-likeness (QED) is 0.628. The van der Waals surface area contributed by atoms with Crippen LogP contribution >= 0.6 is 0 Å². The van der Waals surface area contributed by atoms with E-state index in [1.807, 2.05) is 0 Å². The van der Waals surface area contributed by atoms with Gasteiger partial charge >= 0.3 is 11.7 Å². The van der Waals surface area contributed by atoms with Crippen LogP contribution in [-0.2, 0) is 4.79 Å². The Balaban J connectivity index is 2.94. The minimum Gasteiger partial charge on any atom is -0.483 e. The SMILES string of the molecule is Cc1cccc(O[C@H](C)CC(=O)O)c1[N+](=O)[O-]. The summed E-state index contributed by atoms with van der Waals surface area (Å²) in [5, 5.41) is 19.4. The van der Waals surface area contributed by atoms with Crippen LogP contribution in [0.1, 0.15) is 18.9 Å². The Labute approximate surface area is 98.0 Å². The van der Waals surface area contributed by atoms with Crippen LogP contribution in [0, 0.1) is 17.0 Å². The van der Waals surface area contributed by atoms with Gasteiger partial charge in [-0.1, -0.05) is 12.1 Å². The summed E-state index contributed by atoms with van der Waals surface area (Å²) in [5.41, 5.74) is 0.361. The number of nitrogens with zero attached hydrogens (tertiary/aromatic N) is 1. The van der Waals surface area contributed by atoms with Crippen molar-refractivity contribution in [2.75, 3.05) is 0 Å². The van der Waals surface area contributed by atoms with Gasteiger partial charge in [0.2, 0.25) is 0 Å². The standard InChI is InChI=1S/C11H13NO5/c1-7-4-3-5-9(11(7)12(15)16)17-8(2)6-10(13)14/h3-5,8H,6H2,1-2H3,(H,13,14)/t8-/m1/s1. The van der Waals surface area contributed by atoms with E-state index in [9.17, 15) is 14.9 Å². The van der Waals surface area contributed by atoms with Crippen molar-refractivity contribution in [1.29, 1.82) is 0 Å². The number of aryl methyl sites for hydroxylation is 1. The largest absolute Gasteiger partial charge is 0.483 e. The highest BCUT2D eigenvalue weighted by molar-refractivity contribution is 5.67. The molecule has 1 aromatic rings. The molecule has 0 aromatic heterocycles. The smallest absolute Gasteiger partial charge is 0.313 e. The molecule has 0 bridgehead atoms. The highest BCUT2D eigenvalue weighted by atomic mass is 16.6. The first-order valence-electron chi connectivity index (χ1n) is 5.04. The molecule has 6 heteroatoms. The highest BCUT2D eigenvalue weighted by Gasteiger charge is 2.20. The fourth-order valence-corrected chi connectivity index (χ4v) is 1.47. The maximum absolute atomic E-state index is 10.9. The van der Waals surface area contributed by atoms with Gasteiger partial charge in [-0.25, -0.2) is 0 Å². The van der Waals surface area contributed by atoms with E-state index in [0.29, 0.717) is 5.56 Å². The van der Waals surface area contributed by atoms with Crippen molar-refractivity contribution in [3.63, 3.8) is 0 Å². The number of carboxylic acids is 1. The second-order valence-corrected chi connectivity index (χ2v) is 3.71. The number of nitro groups is 1. The van der Waals surface area contributed by atoms with Crippen LogP contribution in [0.5, 0.6) is 5.75 Å². The zero-order valence-corrected chi connectivity index (χ0v) is 9.54. The second-order valence-electron chi connectivity index (χ2n) is 3.71. The van der Waals surface area contributed by atoms with Gasteiger partial charge in [-0.3, -0.25) is 14.9 Å². The maximum Gasteiger partial charge on any atom is 0.313 e. The minimum atomic E-state index is -1.01. The molecule has 1 rings (SSSR count). The highest BCUT2D eigenvalue weighted by Crippen LogP contribution is 2.31. The Morgan fingerprint density at radius 3 is 2.76 bits per heavy atom. The number of aliphatic carboxylic acids is 1. The Morgan fingerprint density at radius 1 is 1.59 bits per heavy atom. The third-order valence-electron chi connectivity index (χ3n) is 2.17. The number of rotatable bonds is 5. The molecule has 6 nitrogen and oxygen atoms in total. The summed E-state index contributed by atoms with van der Waals surface area (Å²) >= 11 is 0. The first-order valence-corrected chi connectivity index (χ1v) is 5.04. The van der Waals surface area contributed by atoms with E-state index in [1.54, 1.807) is 26.0 Å².